The van der Waals surface area contributed by atoms with Crippen LogP contribution >= 0.6 is 0 Å². The predicted molar refractivity (Wildman–Crippen MR) is 80.3 cm³/mol. The lowest BCUT2D eigenvalue weighted by atomic mass is 10.2. The van der Waals surface area contributed by atoms with Gasteiger partial charge in [0.25, 0.3) is 0 Å². The molecule has 1 heterocycles. The molecule has 114 valence electrons. The number of hydrogen-bond acceptors (Lipinski definition) is 4. The zero-order valence-corrected chi connectivity index (χ0v) is 13.1. The number of piperazine rings is 1. The number of rotatable bonds is 7. The number of hydrogen-bond donors (Lipinski definition) is 0. The van der Waals surface area contributed by atoms with Crippen molar-refractivity contribution in [3.63, 3.8) is 0 Å². The summed E-state index contributed by atoms with van der Waals surface area (Å²) in [5, 5.41) is 8.52. The van der Waals surface area contributed by atoms with E-state index in [1.165, 1.54) is 6.42 Å². The lowest BCUT2D eigenvalue weighted by Crippen LogP contribution is -2.50. The van der Waals surface area contributed by atoms with Crippen LogP contribution in [0.25, 0.3) is 0 Å². The second kappa shape index (κ2) is 8.93. The third-order valence-corrected chi connectivity index (χ3v) is 4.25. The molecule has 0 saturated carbocycles. The van der Waals surface area contributed by atoms with Crippen molar-refractivity contribution in [3.8, 4) is 6.07 Å². The van der Waals surface area contributed by atoms with Crippen molar-refractivity contribution in [1.82, 2.24) is 14.7 Å². The predicted octanol–water partition coefficient (Wildman–Crippen LogP) is 1.16. The van der Waals surface area contributed by atoms with Gasteiger partial charge in [-0.15, -0.1) is 0 Å². The highest BCUT2D eigenvalue weighted by Gasteiger charge is 2.20. The molecule has 0 aromatic carbocycles. The summed E-state index contributed by atoms with van der Waals surface area (Å²) in [5.74, 6) is 0.143. The Kier molecular flexibility index (Phi) is 7.56. The molecule has 1 unspecified atom stereocenters. The third-order valence-electron chi connectivity index (χ3n) is 4.25. The van der Waals surface area contributed by atoms with Crippen molar-refractivity contribution in [2.75, 3.05) is 46.3 Å². The summed E-state index contributed by atoms with van der Waals surface area (Å²) >= 11 is 0. The Bertz CT molecular complexity index is 331. The van der Waals surface area contributed by atoms with Gasteiger partial charge in [0, 0.05) is 58.8 Å². The second-order valence-electron chi connectivity index (χ2n) is 5.61. The highest BCUT2D eigenvalue weighted by molar-refractivity contribution is 5.76. The van der Waals surface area contributed by atoms with E-state index in [1.807, 2.05) is 0 Å². The van der Waals surface area contributed by atoms with Gasteiger partial charge in [-0.05, 0) is 13.3 Å². The summed E-state index contributed by atoms with van der Waals surface area (Å²) in [6, 6.07) is 2.73. The van der Waals surface area contributed by atoms with E-state index in [1.54, 1.807) is 11.9 Å². The van der Waals surface area contributed by atoms with Crippen LogP contribution < -0.4 is 0 Å². The molecule has 0 radical (unpaired) electrons. The zero-order chi connectivity index (χ0) is 15.0. The monoisotopic (exact) mass is 280 g/mol. The van der Waals surface area contributed by atoms with Gasteiger partial charge in [-0.2, -0.15) is 5.26 Å². The zero-order valence-electron chi connectivity index (χ0n) is 13.1. The van der Waals surface area contributed by atoms with Crippen LogP contribution in [0.5, 0.6) is 0 Å². The Balaban J connectivity index is 2.21. The number of carbonyl (C=O) groups excluding carboxylic acids is 1. The molecule has 1 fully saturated rings. The summed E-state index contributed by atoms with van der Waals surface area (Å²) in [6.07, 6.45) is 2.17. The number of amides is 1. The van der Waals surface area contributed by atoms with Gasteiger partial charge in [0.2, 0.25) is 5.91 Å². The molecular formula is C15H28N4O. The van der Waals surface area contributed by atoms with Crippen LogP contribution in [0.1, 0.15) is 33.1 Å². The Hall–Kier alpha value is -1.12. The molecule has 1 aliphatic rings. The van der Waals surface area contributed by atoms with Crippen molar-refractivity contribution in [2.24, 2.45) is 0 Å². The molecule has 1 saturated heterocycles. The van der Waals surface area contributed by atoms with Crippen molar-refractivity contribution in [3.05, 3.63) is 0 Å². The van der Waals surface area contributed by atoms with Crippen LogP contribution in [0.2, 0.25) is 0 Å². The van der Waals surface area contributed by atoms with Gasteiger partial charge in [0.05, 0.1) is 12.5 Å². The molecule has 0 aromatic rings. The fraction of sp³-hybridized carbons (Fsp3) is 0.867. The molecule has 5 nitrogen and oxygen atoms in total. The summed E-state index contributed by atoms with van der Waals surface area (Å²) < 4.78 is 0. The number of carbonyl (C=O) groups is 1. The van der Waals surface area contributed by atoms with E-state index < -0.39 is 0 Å². The van der Waals surface area contributed by atoms with E-state index in [0.717, 1.165) is 32.7 Å². The third kappa shape index (κ3) is 5.48. The molecule has 0 N–H and O–H groups in total. The van der Waals surface area contributed by atoms with Crippen LogP contribution in [0, 0.1) is 11.3 Å². The van der Waals surface area contributed by atoms with Gasteiger partial charge < -0.3 is 9.80 Å². The topological polar surface area (TPSA) is 50.6 Å². The number of nitrogens with zero attached hydrogens (tertiary/aromatic N) is 4. The summed E-state index contributed by atoms with van der Waals surface area (Å²) in [5.41, 5.74) is 0. The van der Waals surface area contributed by atoms with Crippen LogP contribution in [-0.4, -0.2) is 73.0 Å². The van der Waals surface area contributed by atoms with E-state index in [2.05, 4.69) is 29.7 Å². The van der Waals surface area contributed by atoms with Crippen LogP contribution in [0.4, 0.5) is 0 Å². The second-order valence-corrected chi connectivity index (χ2v) is 5.61. The Morgan fingerprint density at radius 3 is 2.55 bits per heavy atom. The first-order chi connectivity index (χ1) is 9.58. The first-order valence-electron chi connectivity index (χ1n) is 7.65. The molecule has 1 atom stereocenters. The Morgan fingerprint density at radius 1 is 1.35 bits per heavy atom. The van der Waals surface area contributed by atoms with E-state index in [4.69, 9.17) is 5.26 Å². The van der Waals surface area contributed by atoms with Gasteiger partial charge in [-0.25, -0.2) is 0 Å². The molecule has 0 spiro atoms. The summed E-state index contributed by atoms with van der Waals surface area (Å²) in [4.78, 5) is 18.5. The minimum atomic E-state index is 0.143. The average molecular weight is 280 g/mol. The van der Waals surface area contributed by atoms with Crippen LogP contribution in [0.3, 0.4) is 0 Å². The van der Waals surface area contributed by atoms with E-state index in [9.17, 15) is 4.79 Å². The maximum absolute atomic E-state index is 11.9. The molecule has 1 aliphatic heterocycles. The van der Waals surface area contributed by atoms with E-state index >= 15 is 0 Å². The molecular weight excluding hydrogens is 252 g/mol. The smallest absolute Gasteiger partial charge is 0.223 e. The minimum absolute atomic E-state index is 0.143. The van der Waals surface area contributed by atoms with Crippen molar-refractivity contribution in [1.29, 1.82) is 5.26 Å². The van der Waals surface area contributed by atoms with E-state index in [-0.39, 0.29) is 5.91 Å². The molecule has 5 heteroatoms. The Morgan fingerprint density at radius 2 is 2.00 bits per heavy atom. The lowest BCUT2D eigenvalue weighted by molar-refractivity contribution is -0.130. The standard InChI is InChI=1S/C15H28N4O/c1-4-14(2)19-12-10-18(11-13-19)9-6-15(20)17(3)8-5-7-16/h14H,4-6,8-13H2,1-3H3. The summed E-state index contributed by atoms with van der Waals surface area (Å²) in [6.45, 7) is 10.2. The summed E-state index contributed by atoms with van der Waals surface area (Å²) in [7, 11) is 1.78. The highest BCUT2D eigenvalue weighted by Crippen LogP contribution is 2.09. The molecule has 1 rings (SSSR count). The van der Waals surface area contributed by atoms with Crippen molar-refractivity contribution < 1.29 is 4.79 Å². The first-order valence-corrected chi connectivity index (χ1v) is 7.65. The highest BCUT2D eigenvalue weighted by atomic mass is 16.2. The maximum atomic E-state index is 11.9. The SMILES string of the molecule is CCC(C)N1CCN(CCC(=O)N(C)CCC#N)CC1. The van der Waals surface area contributed by atoms with Crippen molar-refractivity contribution >= 4 is 5.91 Å². The van der Waals surface area contributed by atoms with E-state index in [0.29, 0.717) is 25.4 Å². The van der Waals surface area contributed by atoms with Crippen LogP contribution in [-0.2, 0) is 4.79 Å². The minimum Gasteiger partial charge on any atom is -0.345 e. The van der Waals surface area contributed by atoms with Crippen molar-refractivity contribution in [2.45, 2.75) is 39.2 Å². The largest absolute Gasteiger partial charge is 0.345 e. The van der Waals surface area contributed by atoms with Gasteiger partial charge in [-0.3, -0.25) is 9.69 Å². The maximum Gasteiger partial charge on any atom is 0.223 e. The first kappa shape index (κ1) is 16.9. The molecule has 1 amide bonds. The average Bonchev–Trinajstić information content (AvgIpc) is 2.49. The van der Waals surface area contributed by atoms with Crippen LogP contribution in [0.15, 0.2) is 0 Å². The number of nitriles is 1. The van der Waals surface area contributed by atoms with Gasteiger partial charge in [-0.1, -0.05) is 6.92 Å². The van der Waals surface area contributed by atoms with Gasteiger partial charge >= 0.3 is 0 Å². The van der Waals surface area contributed by atoms with Gasteiger partial charge in [0.1, 0.15) is 0 Å². The molecule has 0 aliphatic carbocycles. The van der Waals surface area contributed by atoms with Gasteiger partial charge in [0.15, 0.2) is 0 Å². The molecule has 0 bridgehead atoms. The fourth-order valence-electron chi connectivity index (χ4n) is 2.47. The quantitative estimate of drug-likeness (QED) is 0.702. The lowest BCUT2D eigenvalue weighted by Gasteiger charge is -2.37. The molecule has 0 aromatic heterocycles. The Labute approximate surface area is 123 Å². The normalized spacial score (nSPS) is 18.5. The molecule has 20 heavy (non-hydrogen) atoms. The fourth-order valence-corrected chi connectivity index (χ4v) is 2.47.